The molecule has 0 fully saturated rings. The van der Waals surface area contributed by atoms with E-state index in [1.165, 1.54) is 0 Å². The van der Waals surface area contributed by atoms with Gasteiger partial charge in [0.2, 0.25) is 0 Å². The van der Waals surface area contributed by atoms with Crippen molar-refractivity contribution in [2.45, 2.75) is 0 Å². The highest BCUT2D eigenvalue weighted by molar-refractivity contribution is 6.50. The first-order chi connectivity index (χ1) is 2.00. The van der Waals surface area contributed by atoms with Crippen LogP contribution in [0.15, 0.2) is 0 Å². The van der Waals surface area contributed by atoms with Crippen molar-refractivity contribution >= 4 is 7.25 Å². The van der Waals surface area contributed by atoms with Crippen LogP contribution < -0.4 is 12.3 Å². The van der Waals surface area contributed by atoms with Crippen molar-refractivity contribution in [3.63, 3.8) is 0 Å². The van der Waals surface area contributed by atoms with Crippen LogP contribution in [-0.2, 0) is 0 Å². The van der Waals surface area contributed by atoms with Gasteiger partial charge in [-0.2, -0.15) is 0 Å². The van der Waals surface area contributed by atoms with Crippen LogP contribution in [0.4, 0.5) is 22.0 Å². The molecule has 0 radical (unpaired) electrons. The Kier molecular flexibility index (Phi) is 21.1. The van der Waals surface area contributed by atoms with Gasteiger partial charge < -0.3 is 29.6 Å². The minimum Gasteiger partial charge on any atom is -0.418 e. The first kappa shape index (κ1) is 25.4. The summed E-state index contributed by atoms with van der Waals surface area (Å²) in [7, 11) is -6.00. The summed E-state index contributed by atoms with van der Waals surface area (Å²) in [5, 5.41) is 0. The van der Waals surface area contributed by atoms with Crippen molar-refractivity contribution in [2.75, 3.05) is 0 Å². The molecule has 0 unspecified atom stereocenters. The molecule has 0 spiro atoms. The third-order valence-corrected chi connectivity index (χ3v) is 0. The van der Waals surface area contributed by atoms with E-state index in [9.17, 15) is 17.3 Å². The molecule has 0 saturated heterocycles. The number of hydrogen-bond acceptors (Lipinski definition) is 1. The van der Waals surface area contributed by atoms with Crippen molar-refractivity contribution in [3.05, 3.63) is 0 Å². The molecule has 0 aromatic rings. The summed E-state index contributed by atoms with van der Waals surface area (Å²) in [6.45, 7) is 0. The van der Waals surface area contributed by atoms with Crippen LogP contribution in [0.2, 0.25) is 0 Å². The maximum atomic E-state index is 9.75. The maximum absolute atomic E-state index is 9.75. The average Bonchev–Trinajstić information content (AvgIpc) is 0.722. The second-order valence-electron chi connectivity index (χ2n) is 0.495. The molecule has 0 bridgehead atoms. The van der Waals surface area contributed by atoms with Crippen LogP contribution in [0.1, 0.15) is 0 Å². The predicted molar refractivity (Wildman–Crippen MR) is 23.7 cm³/mol. The van der Waals surface area contributed by atoms with Crippen molar-refractivity contribution in [1.29, 1.82) is 0 Å². The third-order valence-electron chi connectivity index (χ3n) is 0. The molecular formula is H8BF5N2. The average molecular weight is 142 g/mol. The van der Waals surface area contributed by atoms with Crippen LogP contribution in [0.25, 0.3) is 0 Å². The standard InChI is InChI=1S/BF4.FH.2H3N/c2-1(3,4)5;;;/h;1H;2*1H3/q-1;;;/p+1. The van der Waals surface area contributed by atoms with Crippen LogP contribution in [-0.4, -0.2) is 7.25 Å². The summed E-state index contributed by atoms with van der Waals surface area (Å²) in [4.78, 5) is 0. The minimum atomic E-state index is -6.00. The van der Waals surface area contributed by atoms with Gasteiger partial charge in [-0.15, -0.1) is 0 Å². The highest BCUT2D eigenvalue weighted by atomic mass is 19.5. The molecule has 0 amide bonds. The molecular weight excluding hydrogens is 134 g/mol. The zero-order chi connectivity index (χ0) is 4.50. The number of halogens is 5. The Morgan fingerprint density at radius 2 is 0.875 bits per heavy atom. The van der Waals surface area contributed by atoms with Crippen molar-refractivity contribution < 1.29 is 22.0 Å². The molecule has 8 heteroatoms. The lowest BCUT2D eigenvalue weighted by atomic mass is 10.3. The zero-order valence-corrected chi connectivity index (χ0v) is 4.20. The lowest BCUT2D eigenvalue weighted by molar-refractivity contribution is 0.368. The SMILES string of the molecule is F.F[B-](F)(F)F.N.[NH4+]. The topological polar surface area (TPSA) is 71.5 Å². The van der Waals surface area contributed by atoms with E-state index in [1.54, 1.807) is 0 Å². The Bertz CT molecular complexity index is 25.9. The van der Waals surface area contributed by atoms with Crippen molar-refractivity contribution in [2.24, 2.45) is 0 Å². The maximum Gasteiger partial charge on any atom is 0.673 e. The molecule has 0 atom stereocenters. The van der Waals surface area contributed by atoms with Gasteiger partial charge in [-0.25, -0.2) is 0 Å². The van der Waals surface area contributed by atoms with Crippen LogP contribution in [0.5, 0.6) is 0 Å². The van der Waals surface area contributed by atoms with Gasteiger partial charge in [-0.1, -0.05) is 0 Å². The molecule has 0 heterocycles. The summed E-state index contributed by atoms with van der Waals surface area (Å²) >= 11 is 0. The quantitative estimate of drug-likeness (QED) is 0.393. The highest BCUT2D eigenvalue weighted by Crippen LogP contribution is 2.06. The van der Waals surface area contributed by atoms with Gasteiger partial charge in [0.25, 0.3) is 0 Å². The Morgan fingerprint density at radius 3 is 0.875 bits per heavy atom. The molecule has 0 rings (SSSR count). The van der Waals surface area contributed by atoms with E-state index < -0.39 is 7.25 Å². The largest absolute Gasteiger partial charge is 0.673 e. The predicted octanol–water partition coefficient (Wildman–Crippen LogP) is 1.99. The summed E-state index contributed by atoms with van der Waals surface area (Å²) in [6, 6.07) is 0. The van der Waals surface area contributed by atoms with E-state index in [1.807, 2.05) is 0 Å². The van der Waals surface area contributed by atoms with E-state index >= 15 is 0 Å². The second-order valence-corrected chi connectivity index (χ2v) is 0.495. The lowest BCUT2D eigenvalue weighted by Gasteiger charge is -1.94. The highest BCUT2D eigenvalue weighted by Gasteiger charge is 2.20. The first-order valence-electron chi connectivity index (χ1n) is 0.873. The first-order valence-corrected chi connectivity index (χ1v) is 0.873. The Hall–Kier alpha value is -0.365. The molecule has 0 aromatic carbocycles. The third kappa shape index (κ3) is 908. The summed E-state index contributed by atoms with van der Waals surface area (Å²) in [6.07, 6.45) is 0. The number of rotatable bonds is 0. The molecule has 7 N–H and O–H groups in total. The van der Waals surface area contributed by atoms with Gasteiger partial charge in [0.1, 0.15) is 0 Å². The van der Waals surface area contributed by atoms with E-state index in [0.717, 1.165) is 0 Å². The fourth-order valence-electron chi connectivity index (χ4n) is 0. The molecule has 0 aliphatic carbocycles. The molecule has 8 heavy (non-hydrogen) atoms. The van der Waals surface area contributed by atoms with Gasteiger partial charge >= 0.3 is 7.25 Å². The van der Waals surface area contributed by atoms with Crippen LogP contribution >= 0.6 is 0 Å². The smallest absolute Gasteiger partial charge is 0.418 e. The summed E-state index contributed by atoms with van der Waals surface area (Å²) < 4.78 is 39.0. The lowest BCUT2D eigenvalue weighted by Crippen LogP contribution is -2.02. The monoisotopic (exact) mass is 142 g/mol. The molecule has 0 aliphatic rings. The number of quaternary nitrogens is 1. The van der Waals surface area contributed by atoms with Crippen LogP contribution in [0.3, 0.4) is 0 Å². The normalized spacial score (nSPS) is 7.50. The van der Waals surface area contributed by atoms with Gasteiger partial charge in [0, 0.05) is 0 Å². The van der Waals surface area contributed by atoms with E-state index in [0.29, 0.717) is 0 Å². The van der Waals surface area contributed by atoms with Crippen molar-refractivity contribution in [1.82, 2.24) is 12.3 Å². The second kappa shape index (κ2) is 6.63. The van der Waals surface area contributed by atoms with Crippen molar-refractivity contribution in [3.8, 4) is 0 Å². The Labute approximate surface area is 42.9 Å². The minimum absolute atomic E-state index is 0. The van der Waals surface area contributed by atoms with Gasteiger partial charge in [0.05, 0.1) is 0 Å². The molecule has 56 valence electrons. The number of hydrogen-bond donors (Lipinski definition) is 2. The van der Waals surface area contributed by atoms with Gasteiger partial charge in [0.15, 0.2) is 0 Å². The van der Waals surface area contributed by atoms with E-state index in [4.69, 9.17) is 0 Å². The molecule has 0 aromatic heterocycles. The molecule has 2 nitrogen and oxygen atoms in total. The molecule has 0 saturated carbocycles. The summed E-state index contributed by atoms with van der Waals surface area (Å²) in [5.74, 6) is 0. The Morgan fingerprint density at radius 1 is 0.875 bits per heavy atom. The van der Waals surface area contributed by atoms with Crippen LogP contribution in [0, 0.1) is 0 Å². The fraction of sp³-hybridized carbons (Fsp3) is 0. The van der Waals surface area contributed by atoms with E-state index in [-0.39, 0.29) is 17.0 Å². The molecule has 0 aliphatic heterocycles. The van der Waals surface area contributed by atoms with E-state index in [2.05, 4.69) is 0 Å². The Balaban J connectivity index is -0.0000000267. The van der Waals surface area contributed by atoms with Gasteiger partial charge in [-0.05, 0) is 0 Å². The van der Waals surface area contributed by atoms with Gasteiger partial charge in [-0.3, -0.25) is 4.70 Å². The fourth-order valence-corrected chi connectivity index (χ4v) is 0. The summed E-state index contributed by atoms with van der Waals surface area (Å²) in [5.41, 5.74) is 0. The zero-order valence-electron chi connectivity index (χ0n) is 4.20.